The van der Waals surface area contributed by atoms with Crippen molar-refractivity contribution < 1.29 is 9.90 Å². The maximum absolute atomic E-state index is 12.6. The van der Waals surface area contributed by atoms with Gasteiger partial charge in [-0.2, -0.15) is 0 Å². The fraction of sp³-hybridized carbons (Fsp3) is 0.474. The van der Waals surface area contributed by atoms with Gasteiger partial charge in [-0.1, -0.05) is 6.07 Å². The predicted octanol–water partition coefficient (Wildman–Crippen LogP) is 2.67. The number of nitrogens with one attached hydrogen (secondary N) is 1. The van der Waals surface area contributed by atoms with E-state index in [9.17, 15) is 9.90 Å². The Morgan fingerprint density at radius 1 is 1.44 bits per heavy atom. The van der Waals surface area contributed by atoms with Gasteiger partial charge in [0.1, 0.15) is 5.82 Å². The molecule has 134 valence electrons. The van der Waals surface area contributed by atoms with Crippen LogP contribution in [0.1, 0.15) is 48.9 Å². The van der Waals surface area contributed by atoms with E-state index in [0.29, 0.717) is 31.2 Å². The molecule has 1 aromatic carbocycles. The van der Waals surface area contributed by atoms with E-state index in [0.717, 1.165) is 24.4 Å². The van der Waals surface area contributed by atoms with Gasteiger partial charge in [-0.25, -0.2) is 4.98 Å². The minimum absolute atomic E-state index is 0.0221. The van der Waals surface area contributed by atoms with Gasteiger partial charge in [-0.15, -0.1) is 0 Å². The molecule has 0 saturated carbocycles. The molecule has 2 heterocycles. The fourth-order valence-corrected chi connectivity index (χ4v) is 3.22. The molecule has 2 N–H and O–H groups in total. The van der Waals surface area contributed by atoms with Crippen LogP contribution in [-0.4, -0.2) is 44.7 Å². The van der Waals surface area contributed by atoms with Crippen molar-refractivity contribution in [3.63, 3.8) is 0 Å². The topological polar surface area (TPSA) is 70.4 Å². The number of nitrogens with zero attached hydrogens (tertiary/aromatic N) is 3. The van der Waals surface area contributed by atoms with Crippen molar-refractivity contribution in [3.05, 3.63) is 48.0 Å². The minimum atomic E-state index is -0.408. The summed E-state index contributed by atoms with van der Waals surface area (Å²) >= 11 is 0. The number of hydrogen-bond donors (Lipinski definition) is 2. The van der Waals surface area contributed by atoms with Crippen LogP contribution in [0.25, 0.3) is 0 Å². The van der Waals surface area contributed by atoms with E-state index in [4.69, 9.17) is 0 Å². The van der Waals surface area contributed by atoms with E-state index < -0.39 is 6.10 Å². The summed E-state index contributed by atoms with van der Waals surface area (Å²) in [6, 6.07) is 7.88. The molecule has 2 aromatic rings. The number of β-amino-alcohol motifs (C(OH)–C–C–N with tert-alkyl or cyclic N) is 1. The van der Waals surface area contributed by atoms with Crippen molar-refractivity contribution in [2.24, 2.45) is 0 Å². The van der Waals surface area contributed by atoms with Crippen LogP contribution in [0.4, 0.5) is 5.69 Å². The normalized spacial score (nSPS) is 17.8. The largest absolute Gasteiger partial charge is 0.391 e. The van der Waals surface area contributed by atoms with Crippen molar-refractivity contribution in [1.82, 2.24) is 14.5 Å². The van der Waals surface area contributed by atoms with Gasteiger partial charge in [0.05, 0.1) is 12.6 Å². The molecule has 0 spiro atoms. The highest BCUT2D eigenvalue weighted by Gasteiger charge is 2.23. The number of aliphatic hydroxyl groups excluding tert-OH is 1. The van der Waals surface area contributed by atoms with Crippen molar-refractivity contribution >= 4 is 11.6 Å². The Morgan fingerprint density at radius 3 is 3.04 bits per heavy atom. The Hall–Kier alpha value is -2.34. The monoisotopic (exact) mass is 342 g/mol. The van der Waals surface area contributed by atoms with Crippen LogP contribution in [0.15, 0.2) is 36.7 Å². The second-order valence-corrected chi connectivity index (χ2v) is 6.83. The third-order valence-corrected chi connectivity index (χ3v) is 4.55. The highest BCUT2D eigenvalue weighted by molar-refractivity contribution is 5.95. The zero-order valence-corrected chi connectivity index (χ0v) is 14.9. The first-order valence-electron chi connectivity index (χ1n) is 8.87. The van der Waals surface area contributed by atoms with Gasteiger partial charge in [0.25, 0.3) is 5.91 Å². The predicted molar refractivity (Wildman–Crippen MR) is 97.5 cm³/mol. The van der Waals surface area contributed by atoms with Gasteiger partial charge >= 0.3 is 0 Å². The number of aliphatic hydroxyl groups is 1. The SMILES string of the molecule is CC(C)n1ccnc1CNc1cccc(C(=O)N2CCCC(O)C2)c1. The number of amides is 1. The van der Waals surface area contributed by atoms with E-state index in [1.165, 1.54) is 0 Å². The van der Waals surface area contributed by atoms with Crippen LogP contribution >= 0.6 is 0 Å². The lowest BCUT2D eigenvalue weighted by atomic mass is 10.1. The van der Waals surface area contributed by atoms with Crippen molar-refractivity contribution in [1.29, 1.82) is 0 Å². The Morgan fingerprint density at radius 2 is 2.28 bits per heavy atom. The highest BCUT2D eigenvalue weighted by atomic mass is 16.3. The standard InChI is InChI=1S/C19H26N4O2/c1-14(2)23-10-8-20-18(23)12-21-16-6-3-5-15(11-16)19(25)22-9-4-7-17(24)13-22/h3,5-6,8,10-11,14,17,21,24H,4,7,9,12-13H2,1-2H3. The number of carbonyl (C=O) groups excluding carboxylic acids is 1. The summed E-state index contributed by atoms with van der Waals surface area (Å²) in [4.78, 5) is 18.8. The van der Waals surface area contributed by atoms with E-state index in [2.05, 4.69) is 28.7 Å². The van der Waals surface area contributed by atoms with Crippen LogP contribution in [0.2, 0.25) is 0 Å². The van der Waals surface area contributed by atoms with E-state index in [1.54, 1.807) is 11.1 Å². The molecule has 1 amide bonds. The summed E-state index contributed by atoms with van der Waals surface area (Å²) in [5, 5.41) is 13.1. The maximum Gasteiger partial charge on any atom is 0.254 e. The van der Waals surface area contributed by atoms with Crippen LogP contribution in [0.3, 0.4) is 0 Å². The molecule has 1 aliphatic heterocycles. The average molecular weight is 342 g/mol. The number of imidazole rings is 1. The molecule has 0 bridgehead atoms. The van der Waals surface area contributed by atoms with Crippen LogP contribution in [0, 0.1) is 0 Å². The quantitative estimate of drug-likeness (QED) is 0.876. The summed E-state index contributed by atoms with van der Waals surface area (Å²) in [5.41, 5.74) is 1.54. The van der Waals surface area contributed by atoms with Crippen LogP contribution in [0.5, 0.6) is 0 Å². The van der Waals surface area contributed by atoms with E-state index in [-0.39, 0.29) is 5.91 Å². The van der Waals surface area contributed by atoms with E-state index in [1.807, 2.05) is 30.5 Å². The molecule has 1 unspecified atom stereocenters. The number of rotatable bonds is 5. The molecule has 1 atom stereocenters. The second kappa shape index (κ2) is 7.70. The first-order chi connectivity index (χ1) is 12.0. The number of likely N-dealkylation sites (tertiary alicyclic amines) is 1. The molecule has 1 aliphatic rings. The molecule has 3 rings (SSSR count). The average Bonchev–Trinajstić information content (AvgIpc) is 3.08. The van der Waals surface area contributed by atoms with Gasteiger partial charge in [0.2, 0.25) is 0 Å². The second-order valence-electron chi connectivity index (χ2n) is 6.83. The van der Waals surface area contributed by atoms with E-state index >= 15 is 0 Å². The summed E-state index contributed by atoms with van der Waals surface area (Å²) in [5.74, 6) is 0.942. The molecule has 6 heteroatoms. The van der Waals surface area contributed by atoms with Gasteiger partial charge in [-0.05, 0) is 44.9 Å². The number of anilines is 1. The molecular weight excluding hydrogens is 316 g/mol. The van der Waals surface area contributed by atoms with Crippen molar-refractivity contribution in [3.8, 4) is 0 Å². The minimum Gasteiger partial charge on any atom is -0.391 e. The fourth-order valence-electron chi connectivity index (χ4n) is 3.22. The Balaban J connectivity index is 1.67. The summed E-state index contributed by atoms with van der Waals surface area (Å²) < 4.78 is 2.12. The summed E-state index contributed by atoms with van der Waals surface area (Å²) in [6.45, 7) is 5.97. The van der Waals surface area contributed by atoms with Crippen LogP contribution < -0.4 is 5.32 Å². The van der Waals surface area contributed by atoms with Gasteiger partial charge < -0.3 is 19.9 Å². The van der Waals surface area contributed by atoms with Gasteiger partial charge in [0.15, 0.2) is 0 Å². The molecule has 1 aromatic heterocycles. The molecule has 25 heavy (non-hydrogen) atoms. The van der Waals surface area contributed by atoms with Gasteiger partial charge in [0, 0.05) is 42.8 Å². The summed E-state index contributed by atoms with van der Waals surface area (Å²) in [6.07, 6.45) is 4.99. The molecule has 6 nitrogen and oxygen atoms in total. The maximum atomic E-state index is 12.6. The lowest BCUT2D eigenvalue weighted by Gasteiger charge is -2.30. The molecule has 1 saturated heterocycles. The van der Waals surface area contributed by atoms with Crippen molar-refractivity contribution in [2.75, 3.05) is 18.4 Å². The lowest BCUT2D eigenvalue weighted by molar-refractivity contribution is 0.0474. The Labute approximate surface area is 148 Å². The Kier molecular flexibility index (Phi) is 5.38. The number of benzene rings is 1. The highest BCUT2D eigenvalue weighted by Crippen LogP contribution is 2.17. The first kappa shape index (κ1) is 17.5. The molecule has 0 radical (unpaired) electrons. The molecule has 0 aliphatic carbocycles. The number of piperidine rings is 1. The number of hydrogen-bond acceptors (Lipinski definition) is 4. The molecule has 1 fully saturated rings. The Bertz CT molecular complexity index is 726. The third kappa shape index (κ3) is 4.20. The van der Waals surface area contributed by atoms with Gasteiger partial charge in [-0.3, -0.25) is 4.79 Å². The smallest absolute Gasteiger partial charge is 0.254 e. The number of aromatic nitrogens is 2. The first-order valence-corrected chi connectivity index (χ1v) is 8.87. The third-order valence-electron chi connectivity index (χ3n) is 4.55. The molecular formula is C19H26N4O2. The zero-order chi connectivity index (χ0) is 17.8. The number of carbonyl (C=O) groups is 1. The lowest BCUT2D eigenvalue weighted by Crippen LogP contribution is -2.42. The van der Waals surface area contributed by atoms with Crippen LogP contribution in [-0.2, 0) is 6.54 Å². The zero-order valence-electron chi connectivity index (χ0n) is 14.9. The summed E-state index contributed by atoms with van der Waals surface area (Å²) in [7, 11) is 0. The van der Waals surface area contributed by atoms with Crippen molar-refractivity contribution in [2.45, 2.75) is 45.4 Å².